The number of methoxy groups -OCH3 is 3. The fourth-order valence-corrected chi connectivity index (χ4v) is 4.54. The molecule has 0 bridgehead atoms. The number of carbonyl (C=O) groups excluding carboxylic acids is 6. The van der Waals surface area contributed by atoms with Crippen LogP contribution in [0.4, 0.5) is 0 Å². The van der Waals surface area contributed by atoms with Crippen molar-refractivity contribution in [3.8, 4) is 0 Å². The van der Waals surface area contributed by atoms with Crippen LogP contribution in [0.25, 0.3) is 0 Å². The van der Waals surface area contributed by atoms with E-state index in [-0.39, 0.29) is 31.0 Å². The highest BCUT2D eigenvalue weighted by Crippen LogP contribution is 2.17. The van der Waals surface area contributed by atoms with Crippen molar-refractivity contribution in [3.05, 3.63) is 132 Å². The fraction of sp³-hybridized carbons (Fsp3) is 0.282. The minimum Gasteiger partial charge on any atom is -0.469 e. The zero-order valence-corrected chi connectivity index (χ0v) is 28.7. The first kappa shape index (κ1) is 40.3. The summed E-state index contributed by atoms with van der Waals surface area (Å²) in [6.45, 7) is 1.85. The van der Waals surface area contributed by atoms with Crippen molar-refractivity contribution in [1.29, 1.82) is 0 Å². The van der Waals surface area contributed by atoms with Crippen LogP contribution in [0.5, 0.6) is 0 Å². The molecule has 264 valence electrons. The normalized spacial score (nSPS) is 12.4. The predicted molar refractivity (Wildman–Crippen MR) is 188 cm³/mol. The summed E-state index contributed by atoms with van der Waals surface area (Å²) in [5, 5.41) is 5.30. The number of Topliss-reactive ketones (excluding diaryl/α,β-unsaturated/α-hetero) is 1. The number of benzene rings is 3. The molecule has 0 aliphatic heterocycles. The summed E-state index contributed by atoms with van der Waals surface area (Å²) in [5.41, 5.74) is 1.47. The first-order chi connectivity index (χ1) is 24.1. The second kappa shape index (κ2) is 22.7. The van der Waals surface area contributed by atoms with Crippen LogP contribution in [0.1, 0.15) is 63.7 Å². The van der Waals surface area contributed by atoms with Gasteiger partial charge >= 0.3 is 17.9 Å². The number of amides is 2. The first-order valence-electron chi connectivity index (χ1n) is 15.9. The standard InChI is InChI=1S/C25H27NO6.C14H17NO3/c1-31-24(29)20(17-22(27)18-11-5-3-6-12-18)15-9-10-16-21(25(30)32-2)26-23(28)19-13-7-4-8-14-19;1-3-4-10-12(14(17)18-2)15-13(16)11-8-6-5-7-9-11/h3-14,20-21H,15-17H2,1-2H3,(H,26,28);3-9,12H,10H2,1-2H3,(H,15,16)/t20?,21-;12-/m00/s1. The Kier molecular flexibility index (Phi) is 18.3. The number of nitrogens with one attached hydrogen (secondary N) is 2. The van der Waals surface area contributed by atoms with Crippen molar-refractivity contribution < 1.29 is 43.0 Å². The van der Waals surface area contributed by atoms with E-state index >= 15 is 0 Å². The molecule has 0 spiro atoms. The van der Waals surface area contributed by atoms with Gasteiger partial charge in [-0.3, -0.25) is 19.2 Å². The molecule has 0 saturated heterocycles. The van der Waals surface area contributed by atoms with E-state index in [2.05, 4.69) is 15.4 Å². The Balaban J connectivity index is 0.000000407. The van der Waals surface area contributed by atoms with Gasteiger partial charge in [0.25, 0.3) is 11.8 Å². The third kappa shape index (κ3) is 14.1. The molecule has 3 atom stereocenters. The molecular formula is C39H44N2O9. The van der Waals surface area contributed by atoms with Crippen LogP contribution in [0.2, 0.25) is 0 Å². The molecule has 2 amide bonds. The van der Waals surface area contributed by atoms with Crippen LogP contribution < -0.4 is 10.6 Å². The third-order valence-electron chi connectivity index (χ3n) is 7.28. The lowest BCUT2D eigenvalue weighted by molar-refractivity contribution is -0.145. The smallest absolute Gasteiger partial charge is 0.328 e. The second-order valence-electron chi connectivity index (χ2n) is 10.8. The van der Waals surface area contributed by atoms with Crippen LogP contribution >= 0.6 is 0 Å². The Labute approximate surface area is 292 Å². The van der Waals surface area contributed by atoms with Gasteiger partial charge in [0, 0.05) is 23.1 Å². The molecule has 0 aliphatic rings. The van der Waals surface area contributed by atoms with Crippen LogP contribution in [0.3, 0.4) is 0 Å². The van der Waals surface area contributed by atoms with Crippen molar-refractivity contribution in [2.24, 2.45) is 5.92 Å². The van der Waals surface area contributed by atoms with Gasteiger partial charge in [0.05, 0.1) is 27.2 Å². The molecule has 11 heteroatoms. The number of rotatable bonds is 16. The van der Waals surface area contributed by atoms with Gasteiger partial charge in [-0.1, -0.05) is 91.0 Å². The van der Waals surface area contributed by atoms with Gasteiger partial charge in [-0.05, 0) is 50.5 Å². The molecular weight excluding hydrogens is 640 g/mol. The number of esters is 3. The summed E-state index contributed by atoms with van der Waals surface area (Å²) in [7, 11) is 3.83. The summed E-state index contributed by atoms with van der Waals surface area (Å²) in [6, 6.07) is 24.5. The molecule has 0 fully saturated rings. The predicted octanol–water partition coefficient (Wildman–Crippen LogP) is 5.28. The number of carbonyl (C=O) groups is 6. The lowest BCUT2D eigenvalue weighted by Gasteiger charge is -2.15. The van der Waals surface area contributed by atoms with Crippen molar-refractivity contribution in [1.82, 2.24) is 10.6 Å². The fourth-order valence-electron chi connectivity index (χ4n) is 4.54. The average Bonchev–Trinajstić information content (AvgIpc) is 3.17. The van der Waals surface area contributed by atoms with Crippen molar-refractivity contribution in [2.75, 3.05) is 21.3 Å². The van der Waals surface area contributed by atoms with E-state index in [4.69, 9.17) is 9.47 Å². The number of ether oxygens (including phenoxy) is 3. The maximum absolute atomic E-state index is 12.5. The summed E-state index contributed by atoms with van der Waals surface area (Å²) in [6.07, 6.45) is 7.86. The molecule has 50 heavy (non-hydrogen) atoms. The van der Waals surface area contributed by atoms with E-state index in [0.29, 0.717) is 23.1 Å². The number of allylic oxidation sites excluding steroid dienone is 2. The van der Waals surface area contributed by atoms with Gasteiger partial charge in [0.1, 0.15) is 12.1 Å². The zero-order valence-electron chi connectivity index (χ0n) is 28.7. The van der Waals surface area contributed by atoms with Crippen molar-refractivity contribution in [2.45, 2.75) is 44.7 Å². The van der Waals surface area contributed by atoms with Crippen LogP contribution in [-0.2, 0) is 28.6 Å². The largest absolute Gasteiger partial charge is 0.469 e. The molecule has 3 rings (SSSR count). The Hall–Kier alpha value is -5.84. The molecule has 2 N–H and O–H groups in total. The number of hydrogen-bond acceptors (Lipinski definition) is 9. The van der Waals surface area contributed by atoms with E-state index in [1.54, 1.807) is 91.0 Å². The van der Waals surface area contributed by atoms with Crippen LogP contribution in [0.15, 0.2) is 115 Å². The highest BCUT2D eigenvalue weighted by atomic mass is 16.5. The van der Waals surface area contributed by atoms with E-state index in [0.717, 1.165) is 0 Å². The van der Waals surface area contributed by atoms with Gasteiger partial charge in [-0.2, -0.15) is 0 Å². The summed E-state index contributed by atoms with van der Waals surface area (Å²) < 4.78 is 14.3. The summed E-state index contributed by atoms with van der Waals surface area (Å²) >= 11 is 0. The Morgan fingerprint density at radius 2 is 0.920 bits per heavy atom. The highest BCUT2D eigenvalue weighted by Gasteiger charge is 2.24. The molecule has 0 aliphatic carbocycles. The molecule has 1 unspecified atom stereocenters. The first-order valence-corrected chi connectivity index (χ1v) is 15.9. The lowest BCUT2D eigenvalue weighted by Crippen LogP contribution is -2.41. The Bertz CT molecular complexity index is 1510. The molecule has 3 aromatic carbocycles. The topological polar surface area (TPSA) is 154 Å². The van der Waals surface area contributed by atoms with Crippen molar-refractivity contribution >= 4 is 35.5 Å². The SMILES string of the molecule is CC=CC[C@H](NC(=O)c1ccccc1)C(=O)OC.COC(=O)C(CC=CC[C@H](NC(=O)c1ccccc1)C(=O)OC)CC(=O)c1ccccc1. The molecule has 0 saturated carbocycles. The molecule has 0 aromatic heterocycles. The maximum atomic E-state index is 12.5. The monoisotopic (exact) mass is 684 g/mol. The third-order valence-corrected chi connectivity index (χ3v) is 7.28. The number of hydrogen-bond donors (Lipinski definition) is 2. The Morgan fingerprint density at radius 3 is 1.32 bits per heavy atom. The molecule has 0 radical (unpaired) electrons. The minimum atomic E-state index is -0.883. The van der Waals surface area contributed by atoms with Gasteiger partial charge in [-0.25, -0.2) is 9.59 Å². The molecule has 11 nitrogen and oxygen atoms in total. The highest BCUT2D eigenvalue weighted by molar-refractivity contribution is 5.98. The average molecular weight is 685 g/mol. The van der Waals surface area contributed by atoms with Crippen LogP contribution in [0, 0.1) is 5.92 Å². The van der Waals surface area contributed by atoms with E-state index in [9.17, 15) is 28.8 Å². The summed E-state index contributed by atoms with van der Waals surface area (Å²) in [5.74, 6) is -3.00. The van der Waals surface area contributed by atoms with E-state index in [1.807, 2.05) is 31.2 Å². The van der Waals surface area contributed by atoms with Gasteiger partial charge < -0.3 is 24.8 Å². The van der Waals surface area contributed by atoms with E-state index in [1.165, 1.54) is 21.3 Å². The summed E-state index contributed by atoms with van der Waals surface area (Å²) in [4.78, 5) is 72.4. The van der Waals surface area contributed by atoms with Crippen molar-refractivity contribution in [3.63, 3.8) is 0 Å². The zero-order chi connectivity index (χ0) is 36.7. The van der Waals surface area contributed by atoms with E-state index < -0.39 is 41.8 Å². The second-order valence-corrected chi connectivity index (χ2v) is 10.8. The van der Waals surface area contributed by atoms with Gasteiger partial charge in [-0.15, -0.1) is 0 Å². The lowest BCUT2D eigenvalue weighted by atomic mass is 9.95. The minimum absolute atomic E-state index is 0.00615. The van der Waals surface area contributed by atoms with Gasteiger partial charge in [0.2, 0.25) is 0 Å². The maximum Gasteiger partial charge on any atom is 0.328 e. The quantitative estimate of drug-likeness (QED) is 0.0888. The number of ketones is 1. The molecule has 3 aromatic rings. The Morgan fingerprint density at radius 1 is 0.540 bits per heavy atom. The van der Waals surface area contributed by atoms with Crippen LogP contribution in [-0.4, -0.2) is 68.9 Å². The van der Waals surface area contributed by atoms with Gasteiger partial charge in [0.15, 0.2) is 5.78 Å². The molecule has 0 heterocycles.